The van der Waals surface area contributed by atoms with Gasteiger partial charge < -0.3 is 5.32 Å². The monoisotopic (exact) mass is 401 g/mol. The minimum absolute atomic E-state index is 0.0799. The fourth-order valence-electron chi connectivity index (χ4n) is 2.92. The molecule has 5 nitrogen and oxygen atoms in total. The Labute approximate surface area is 164 Å². The largest absolute Gasteiger partial charge is 0.324 e. The van der Waals surface area contributed by atoms with Crippen LogP contribution in [0.2, 0.25) is 0 Å². The molecule has 2 aromatic carbocycles. The average molecular weight is 401 g/mol. The third kappa shape index (κ3) is 4.06. The van der Waals surface area contributed by atoms with Gasteiger partial charge in [-0.25, -0.2) is 13.8 Å². The van der Waals surface area contributed by atoms with Gasteiger partial charge in [0.15, 0.2) is 5.17 Å². The zero-order valence-corrected chi connectivity index (χ0v) is 15.6. The summed E-state index contributed by atoms with van der Waals surface area (Å²) in [5, 5.41) is 2.41. The van der Waals surface area contributed by atoms with Crippen LogP contribution in [0.3, 0.4) is 0 Å². The Bertz CT molecular complexity index is 945. The number of benzene rings is 2. The highest BCUT2D eigenvalue weighted by Crippen LogP contribution is 2.39. The molecule has 2 amide bonds. The first-order valence-electron chi connectivity index (χ1n) is 8.89. The number of carbonyl (C=O) groups excluding carboxylic acids is 2. The molecule has 1 atom stereocenters. The van der Waals surface area contributed by atoms with Crippen LogP contribution in [0.15, 0.2) is 53.5 Å². The smallest absolute Gasteiger partial charge is 0.242 e. The van der Waals surface area contributed by atoms with Crippen LogP contribution in [0.4, 0.5) is 20.2 Å². The maximum absolute atomic E-state index is 13.7. The lowest BCUT2D eigenvalue weighted by molar-refractivity contribution is -0.128. The predicted octanol–water partition coefficient (Wildman–Crippen LogP) is 4.09. The Balaban J connectivity index is 1.49. The molecule has 0 unspecified atom stereocenters. The number of hydrogen-bond donors (Lipinski definition) is 1. The molecule has 1 saturated carbocycles. The Morgan fingerprint density at radius 2 is 1.86 bits per heavy atom. The molecule has 0 radical (unpaired) electrons. The van der Waals surface area contributed by atoms with Gasteiger partial charge >= 0.3 is 0 Å². The quantitative estimate of drug-likeness (QED) is 0.821. The van der Waals surface area contributed by atoms with Crippen molar-refractivity contribution in [3.8, 4) is 0 Å². The summed E-state index contributed by atoms with van der Waals surface area (Å²) in [4.78, 5) is 31.2. The highest BCUT2D eigenvalue weighted by Gasteiger charge is 2.46. The van der Waals surface area contributed by atoms with Gasteiger partial charge in [0.1, 0.15) is 16.9 Å². The normalized spacial score (nSPS) is 20.6. The maximum Gasteiger partial charge on any atom is 0.242 e. The SMILES string of the molecule is O=C(C[C@@H]1SC(=Nc2ccc(F)cc2)N(C2CC2)C1=O)Nc1ccccc1F. The number of carbonyl (C=O) groups is 2. The van der Waals surface area contributed by atoms with E-state index < -0.39 is 17.0 Å². The van der Waals surface area contributed by atoms with Crippen LogP contribution in [0.5, 0.6) is 0 Å². The second-order valence-corrected chi connectivity index (χ2v) is 7.82. The lowest BCUT2D eigenvalue weighted by atomic mass is 10.2. The van der Waals surface area contributed by atoms with E-state index in [9.17, 15) is 18.4 Å². The summed E-state index contributed by atoms with van der Waals surface area (Å²) in [6.45, 7) is 0. The Morgan fingerprint density at radius 1 is 1.14 bits per heavy atom. The van der Waals surface area contributed by atoms with E-state index in [1.807, 2.05) is 0 Å². The number of para-hydroxylation sites is 1. The van der Waals surface area contributed by atoms with E-state index in [2.05, 4.69) is 10.3 Å². The molecule has 1 saturated heterocycles. The summed E-state index contributed by atoms with van der Waals surface area (Å²) in [7, 11) is 0. The number of thioether (sulfide) groups is 1. The summed E-state index contributed by atoms with van der Waals surface area (Å²) >= 11 is 1.22. The fourth-order valence-corrected chi connectivity index (χ4v) is 4.13. The molecule has 4 rings (SSSR count). The Morgan fingerprint density at radius 3 is 2.54 bits per heavy atom. The Kier molecular flexibility index (Phi) is 5.13. The minimum atomic E-state index is -0.619. The zero-order valence-electron chi connectivity index (χ0n) is 14.8. The van der Waals surface area contributed by atoms with Crippen LogP contribution >= 0.6 is 11.8 Å². The van der Waals surface area contributed by atoms with Crippen molar-refractivity contribution in [1.29, 1.82) is 0 Å². The lowest BCUT2D eigenvalue weighted by Crippen LogP contribution is -2.35. The first-order valence-corrected chi connectivity index (χ1v) is 9.77. The topological polar surface area (TPSA) is 61.8 Å². The summed E-state index contributed by atoms with van der Waals surface area (Å²) in [5.74, 6) is -1.49. The molecule has 0 bridgehead atoms. The molecular weight excluding hydrogens is 384 g/mol. The fraction of sp³-hybridized carbons (Fsp3) is 0.250. The first-order chi connectivity index (χ1) is 13.5. The predicted molar refractivity (Wildman–Crippen MR) is 104 cm³/mol. The molecule has 2 aromatic rings. The summed E-state index contributed by atoms with van der Waals surface area (Å²) in [6.07, 6.45) is 1.70. The molecule has 28 heavy (non-hydrogen) atoms. The van der Waals surface area contributed by atoms with E-state index >= 15 is 0 Å². The molecule has 144 valence electrons. The number of nitrogens with one attached hydrogen (secondary N) is 1. The van der Waals surface area contributed by atoms with Crippen molar-refractivity contribution in [2.75, 3.05) is 5.32 Å². The van der Waals surface area contributed by atoms with Gasteiger partial charge in [-0.1, -0.05) is 23.9 Å². The summed E-state index contributed by atoms with van der Waals surface area (Å²) < 4.78 is 26.8. The highest BCUT2D eigenvalue weighted by atomic mass is 32.2. The molecule has 0 spiro atoms. The van der Waals surface area contributed by atoms with Crippen molar-refractivity contribution in [2.45, 2.75) is 30.6 Å². The van der Waals surface area contributed by atoms with Gasteiger partial charge in [0, 0.05) is 12.5 Å². The van der Waals surface area contributed by atoms with Crippen LogP contribution in [0.1, 0.15) is 19.3 Å². The van der Waals surface area contributed by atoms with Gasteiger partial charge in [0.2, 0.25) is 11.8 Å². The minimum Gasteiger partial charge on any atom is -0.324 e. The average Bonchev–Trinajstić information content (AvgIpc) is 3.45. The second kappa shape index (κ2) is 7.71. The third-order valence-corrected chi connectivity index (χ3v) is 5.60. The number of amides is 2. The lowest BCUT2D eigenvalue weighted by Gasteiger charge is -2.15. The molecule has 1 aliphatic carbocycles. The van der Waals surface area contributed by atoms with Gasteiger partial charge in [-0.15, -0.1) is 0 Å². The number of rotatable bonds is 5. The molecule has 1 aliphatic heterocycles. The number of hydrogen-bond acceptors (Lipinski definition) is 4. The number of nitrogens with zero attached hydrogens (tertiary/aromatic N) is 2. The van der Waals surface area contributed by atoms with Gasteiger partial charge in [-0.05, 0) is 49.2 Å². The van der Waals surface area contributed by atoms with Crippen molar-refractivity contribution >= 4 is 40.1 Å². The van der Waals surface area contributed by atoms with Crippen LogP contribution in [0, 0.1) is 11.6 Å². The van der Waals surface area contributed by atoms with E-state index in [0.29, 0.717) is 10.9 Å². The van der Waals surface area contributed by atoms with Gasteiger partial charge in [-0.3, -0.25) is 14.5 Å². The molecule has 1 N–H and O–H groups in total. The number of halogens is 2. The number of anilines is 1. The van der Waals surface area contributed by atoms with Crippen LogP contribution in [-0.4, -0.2) is 33.2 Å². The van der Waals surface area contributed by atoms with Crippen LogP contribution < -0.4 is 5.32 Å². The zero-order chi connectivity index (χ0) is 19.7. The number of aliphatic imine (C=N–C) groups is 1. The van der Waals surface area contributed by atoms with Gasteiger partial charge in [0.05, 0.1) is 11.4 Å². The van der Waals surface area contributed by atoms with Crippen molar-refractivity contribution in [3.05, 3.63) is 60.2 Å². The Hall–Kier alpha value is -2.74. The third-order valence-electron chi connectivity index (χ3n) is 4.45. The summed E-state index contributed by atoms with van der Waals surface area (Å²) in [6, 6.07) is 11.7. The van der Waals surface area contributed by atoms with Crippen molar-refractivity contribution in [3.63, 3.8) is 0 Å². The van der Waals surface area contributed by atoms with E-state index in [1.165, 1.54) is 54.2 Å². The van der Waals surface area contributed by atoms with Crippen molar-refractivity contribution < 1.29 is 18.4 Å². The van der Waals surface area contributed by atoms with Crippen molar-refractivity contribution in [1.82, 2.24) is 4.90 Å². The second-order valence-electron chi connectivity index (χ2n) is 6.65. The van der Waals surface area contributed by atoms with E-state index in [0.717, 1.165) is 12.8 Å². The standard InChI is InChI=1S/C20H17F2N3O2S/c21-12-5-7-13(8-6-12)23-20-25(14-9-10-14)19(27)17(28-20)11-18(26)24-16-4-2-1-3-15(16)22/h1-8,14,17H,9-11H2,(H,24,26)/t17-/m0/s1. The molecule has 8 heteroatoms. The summed E-state index contributed by atoms with van der Waals surface area (Å²) in [5.41, 5.74) is 0.626. The first kappa shape index (κ1) is 18.6. The molecular formula is C20H17F2N3O2S. The van der Waals surface area contributed by atoms with Crippen LogP contribution in [0.25, 0.3) is 0 Å². The molecule has 1 heterocycles. The molecule has 2 aliphatic rings. The molecule has 2 fully saturated rings. The van der Waals surface area contributed by atoms with E-state index in [4.69, 9.17) is 0 Å². The highest BCUT2D eigenvalue weighted by molar-refractivity contribution is 8.15. The number of amidine groups is 1. The maximum atomic E-state index is 13.7. The molecule has 0 aromatic heterocycles. The van der Waals surface area contributed by atoms with E-state index in [1.54, 1.807) is 11.0 Å². The van der Waals surface area contributed by atoms with Crippen LogP contribution in [-0.2, 0) is 9.59 Å². The van der Waals surface area contributed by atoms with Gasteiger partial charge in [-0.2, -0.15) is 0 Å². The van der Waals surface area contributed by atoms with Crippen molar-refractivity contribution in [2.24, 2.45) is 4.99 Å². The van der Waals surface area contributed by atoms with E-state index in [-0.39, 0.29) is 29.9 Å². The van der Waals surface area contributed by atoms with Gasteiger partial charge in [0.25, 0.3) is 0 Å².